The van der Waals surface area contributed by atoms with Crippen LogP contribution in [0.25, 0.3) is 5.69 Å². The minimum atomic E-state index is 0.213. The molecule has 0 unspecified atom stereocenters. The molecule has 0 amide bonds. The van der Waals surface area contributed by atoms with Gasteiger partial charge < -0.3 is 10.5 Å². The van der Waals surface area contributed by atoms with Gasteiger partial charge in [0.2, 0.25) is 0 Å². The Hall–Kier alpha value is -3.03. The number of nitrogens with zero attached hydrogens (tertiary/aromatic N) is 4. The van der Waals surface area contributed by atoms with E-state index in [4.69, 9.17) is 27.1 Å². The Labute approximate surface area is 219 Å². The van der Waals surface area contributed by atoms with E-state index >= 15 is 0 Å². The lowest BCUT2D eigenvalue weighted by atomic mass is 10.00. The number of aryl methyl sites for hydroxylation is 1. The normalized spacial score (nSPS) is 11.6. The van der Waals surface area contributed by atoms with E-state index in [2.05, 4.69) is 17.1 Å². The third kappa shape index (κ3) is 8.00. The van der Waals surface area contributed by atoms with E-state index < -0.39 is 0 Å². The Morgan fingerprint density at radius 2 is 1.81 bits per heavy atom. The van der Waals surface area contributed by atoms with Gasteiger partial charge >= 0.3 is 0 Å². The van der Waals surface area contributed by atoms with Gasteiger partial charge in [0.15, 0.2) is 5.82 Å². The molecule has 2 heterocycles. The maximum absolute atomic E-state index is 10.1. The molecule has 4 rings (SSSR count). The summed E-state index contributed by atoms with van der Waals surface area (Å²) >= 11 is 6.02. The highest BCUT2D eigenvalue weighted by Crippen LogP contribution is 2.29. The summed E-state index contributed by atoms with van der Waals surface area (Å²) in [5, 5.41) is 9.14. The molecule has 0 spiro atoms. The molecule has 3 aromatic rings. The number of carbonyl (C=O) groups excluding carboxylic acids is 1. The Balaban J connectivity index is 0.000000319. The van der Waals surface area contributed by atoms with Crippen molar-refractivity contribution in [3.05, 3.63) is 70.3 Å². The molecule has 0 aliphatic carbocycles. The molecule has 0 saturated heterocycles. The van der Waals surface area contributed by atoms with Crippen molar-refractivity contribution in [1.82, 2.24) is 14.8 Å². The second-order valence-corrected chi connectivity index (χ2v) is 9.25. The number of aliphatic imine (C=N–C) groups is 1. The number of ether oxygens (including phenoxy) is 1. The van der Waals surface area contributed by atoms with Gasteiger partial charge in [-0.15, -0.1) is 10.2 Å². The van der Waals surface area contributed by atoms with E-state index in [-0.39, 0.29) is 11.7 Å². The van der Waals surface area contributed by atoms with Crippen LogP contribution in [0.5, 0.6) is 5.75 Å². The summed E-state index contributed by atoms with van der Waals surface area (Å²) in [7, 11) is 1.66. The lowest BCUT2D eigenvalue weighted by molar-refractivity contribution is -0.119. The molecule has 2 aromatic carbocycles. The van der Waals surface area contributed by atoms with E-state index in [1.807, 2.05) is 67.8 Å². The first kappa shape index (κ1) is 29.2. The molecule has 0 radical (unpaired) electrons. The van der Waals surface area contributed by atoms with Crippen LogP contribution in [0.1, 0.15) is 69.7 Å². The molecule has 0 bridgehead atoms. The number of nitrogens with two attached hydrogens (primary N) is 1. The highest BCUT2D eigenvalue weighted by atomic mass is 35.5. The zero-order valence-corrected chi connectivity index (χ0v) is 23.0. The highest BCUT2D eigenvalue weighted by molar-refractivity contribution is 6.30. The SMILES string of the molecule is CC(=O)C(C)C.CCCCCN.COc1ccc2c(c1)C(c1ccc(Cl)cc1)=NCc1nnc(C)n1-2. The van der Waals surface area contributed by atoms with E-state index in [1.165, 1.54) is 19.3 Å². The molecule has 1 aromatic heterocycles. The number of hydrogen-bond acceptors (Lipinski definition) is 6. The Kier molecular flexibility index (Phi) is 11.8. The molecule has 36 heavy (non-hydrogen) atoms. The van der Waals surface area contributed by atoms with Crippen LogP contribution >= 0.6 is 11.6 Å². The summed E-state index contributed by atoms with van der Waals surface area (Å²) in [4.78, 5) is 14.9. The van der Waals surface area contributed by atoms with Crippen LogP contribution in [-0.2, 0) is 11.3 Å². The van der Waals surface area contributed by atoms with Gasteiger partial charge in [0.25, 0.3) is 0 Å². The maximum atomic E-state index is 10.1. The van der Waals surface area contributed by atoms with Crippen molar-refractivity contribution in [3.8, 4) is 11.4 Å². The van der Waals surface area contributed by atoms with Crippen molar-refractivity contribution >= 4 is 23.1 Å². The smallest absolute Gasteiger partial charge is 0.159 e. The van der Waals surface area contributed by atoms with Gasteiger partial charge in [-0.3, -0.25) is 14.4 Å². The monoisotopic (exact) mass is 511 g/mol. The number of hydrogen-bond donors (Lipinski definition) is 1. The fourth-order valence-electron chi connectivity index (χ4n) is 3.33. The van der Waals surface area contributed by atoms with Gasteiger partial charge in [0, 0.05) is 22.1 Å². The van der Waals surface area contributed by atoms with Crippen LogP contribution in [-0.4, -0.2) is 39.9 Å². The number of methoxy groups -OCH3 is 1. The van der Waals surface area contributed by atoms with Crippen LogP contribution < -0.4 is 10.5 Å². The second kappa shape index (κ2) is 14.5. The van der Waals surface area contributed by atoms with Gasteiger partial charge in [-0.1, -0.05) is 57.3 Å². The number of halogens is 1. The average Bonchev–Trinajstić information content (AvgIpc) is 3.15. The minimum Gasteiger partial charge on any atom is -0.497 e. The number of benzene rings is 2. The van der Waals surface area contributed by atoms with Crippen molar-refractivity contribution in [2.75, 3.05) is 13.7 Å². The van der Waals surface area contributed by atoms with E-state index in [0.717, 1.165) is 46.5 Å². The topological polar surface area (TPSA) is 95.4 Å². The summed E-state index contributed by atoms with van der Waals surface area (Å²) in [6, 6.07) is 13.6. The van der Waals surface area contributed by atoms with Crippen molar-refractivity contribution in [1.29, 1.82) is 0 Å². The first-order valence-electron chi connectivity index (χ1n) is 12.3. The van der Waals surface area contributed by atoms with Gasteiger partial charge in [-0.25, -0.2) is 0 Å². The number of Topliss-reactive ketones (excluding diaryl/α,β-unsaturated/α-hetero) is 1. The van der Waals surface area contributed by atoms with E-state index in [0.29, 0.717) is 11.6 Å². The number of ketones is 1. The summed E-state index contributed by atoms with van der Waals surface area (Å²) < 4.78 is 7.45. The predicted molar refractivity (Wildman–Crippen MR) is 148 cm³/mol. The van der Waals surface area contributed by atoms with Crippen LogP contribution in [0.4, 0.5) is 0 Å². The molecule has 1 aliphatic heterocycles. The van der Waals surface area contributed by atoms with Crippen LogP contribution in [0.15, 0.2) is 47.5 Å². The molecule has 0 saturated carbocycles. The lowest BCUT2D eigenvalue weighted by Crippen LogP contribution is -2.08. The maximum Gasteiger partial charge on any atom is 0.159 e. The fourth-order valence-corrected chi connectivity index (χ4v) is 3.46. The standard InChI is InChI=1S/C18H15ClN4O.C5H13N.C5H10O/c1-11-21-22-17-10-20-18(12-3-5-13(19)6-4-12)15-9-14(24-2)7-8-16(15)23(11)17;1-2-3-4-5-6;1-4(2)5(3)6/h3-9H,10H2,1-2H3;2-6H2,1H3;4H,1-3H3. The average molecular weight is 512 g/mol. The summed E-state index contributed by atoms with van der Waals surface area (Å²) in [6.07, 6.45) is 3.75. The molecule has 2 N–H and O–H groups in total. The molecule has 0 fully saturated rings. The van der Waals surface area contributed by atoms with Gasteiger partial charge in [0.1, 0.15) is 23.9 Å². The van der Waals surface area contributed by atoms with Crippen LogP contribution in [0.3, 0.4) is 0 Å². The third-order valence-corrected chi connectivity index (χ3v) is 5.96. The largest absolute Gasteiger partial charge is 0.497 e. The van der Waals surface area contributed by atoms with Crippen molar-refractivity contribution in [2.24, 2.45) is 16.6 Å². The predicted octanol–water partition coefficient (Wildman–Crippen LogP) is 5.96. The Bertz CT molecular complexity index is 1150. The molecular formula is C28H38ClN5O2. The molecule has 0 atom stereocenters. The van der Waals surface area contributed by atoms with Crippen molar-refractivity contribution < 1.29 is 9.53 Å². The van der Waals surface area contributed by atoms with E-state index in [1.54, 1.807) is 14.0 Å². The quantitative estimate of drug-likeness (QED) is 0.412. The Morgan fingerprint density at radius 1 is 1.14 bits per heavy atom. The van der Waals surface area contributed by atoms with Gasteiger partial charge in [-0.2, -0.15) is 0 Å². The first-order valence-corrected chi connectivity index (χ1v) is 12.7. The minimum absolute atomic E-state index is 0.213. The van der Waals surface area contributed by atoms with Crippen LogP contribution in [0, 0.1) is 12.8 Å². The van der Waals surface area contributed by atoms with E-state index in [9.17, 15) is 4.79 Å². The zero-order valence-electron chi connectivity index (χ0n) is 22.2. The molecule has 7 nitrogen and oxygen atoms in total. The molecule has 1 aliphatic rings. The number of carbonyl (C=O) groups is 1. The summed E-state index contributed by atoms with van der Waals surface area (Å²) in [5.41, 5.74) is 9.10. The first-order chi connectivity index (χ1) is 17.2. The van der Waals surface area contributed by atoms with Crippen molar-refractivity contribution in [3.63, 3.8) is 0 Å². The molecule has 194 valence electrons. The number of fused-ring (bicyclic) bond motifs is 3. The lowest BCUT2D eigenvalue weighted by Gasteiger charge is -2.14. The molecular weight excluding hydrogens is 474 g/mol. The number of aromatic nitrogens is 3. The highest BCUT2D eigenvalue weighted by Gasteiger charge is 2.22. The Morgan fingerprint density at radius 3 is 2.33 bits per heavy atom. The van der Waals surface area contributed by atoms with Gasteiger partial charge in [0.05, 0.1) is 18.5 Å². The second-order valence-electron chi connectivity index (χ2n) is 8.81. The van der Waals surface area contributed by atoms with Crippen molar-refractivity contribution in [2.45, 2.75) is 60.4 Å². The summed E-state index contributed by atoms with van der Waals surface area (Å²) in [6.45, 7) is 10.8. The van der Waals surface area contributed by atoms with Gasteiger partial charge in [-0.05, 0) is 57.1 Å². The number of unbranched alkanes of at least 4 members (excludes halogenated alkanes) is 2. The molecule has 8 heteroatoms. The summed E-state index contributed by atoms with van der Waals surface area (Å²) in [5.74, 6) is 2.91. The van der Waals surface area contributed by atoms with Crippen LogP contribution in [0.2, 0.25) is 5.02 Å². The zero-order chi connectivity index (χ0) is 26.7. The number of rotatable bonds is 6. The third-order valence-electron chi connectivity index (χ3n) is 5.71. The fraction of sp³-hybridized carbons (Fsp3) is 0.429.